The predicted octanol–water partition coefficient (Wildman–Crippen LogP) is 4.25. The highest BCUT2D eigenvalue weighted by Gasteiger charge is 2.12. The Hall–Kier alpha value is -1.19. The molecule has 0 saturated carbocycles. The second-order valence-corrected chi connectivity index (χ2v) is 7.03. The molecule has 0 aliphatic heterocycles. The highest BCUT2D eigenvalue weighted by molar-refractivity contribution is 7.09. The molecule has 2 aromatic rings. The zero-order valence-corrected chi connectivity index (χ0v) is 12.8. The molecule has 0 bridgehead atoms. The third-order valence-electron chi connectivity index (χ3n) is 3.13. The lowest BCUT2D eigenvalue weighted by Gasteiger charge is -2.16. The van der Waals surface area contributed by atoms with Crippen LogP contribution in [0, 0.1) is 5.41 Å². The van der Waals surface area contributed by atoms with Gasteiger partial charge in [-0.05, 0) is 23.8 Å². The van der Waals surface area contributed by atoms with Gasteiger partial charge in [-0.15, -0.1) is 11.3 Å². The van der Waals surface area contributed by atoms with Crippen molar-refractivity contribution < 1.29 is 0 Å². The Morgan fingerprint density at radius 3 is 2.42 bits per heavy atom. The number of nitrogens with two attached hydrogens (primary N) is 1. The maximum atomic E-state index is 5.61. The third-order valence-corrected chi connectivity index (χ3v) is 4.03. The molecule has 0 spiro atoms. The summed E-state index contributed by atoms with van der Waals surface area (Å²) in [5.74, 6) is 0. The van der Waals surface area contributed by atoms with Gasteiger partial charge < -0.3 is 5.73 Å². The molecule has 0 aliphatic carbocycles. The Morgan fingerprint density at radius 1 is 1.16 bits per heavy atom. The Labute approximate surface area is 119 Å². The smallest absolute Gasteiger partial charge is 0.0932 e. The molecule has 0 aliphatic rings. The molecule has 0 unspecified atom stereocenters. The minimum absolute atomic E-state index is 0.370. The first-order valence-electron chi connectivity index (χ1n) is 6.72. The first-order valence-corrected chi connectivity index (χ1v) is 7.60. The van der Waals surface area contributed by atoms with E-state index in [0.29, 0.717) is 12.0 Å². The van der Waals surface area contributed by atoms with Crippen LogP contribution < -0.4 is 5.73 Å². The van der Waals surface area contributed by atoms with Crippen LogP contribution >= 0.6 is 11.3 Å². The number of hydrogen-bond acceptors (Lipinski definition) is 3. The molecule has 2 nitrogen and oxygen atoms in total. The molecule has 2 N–H and O–H groups in total. The van der Waals surface area contributed by atoms with Crippen LogP contribution in [0.3, 0.4) is 0 Å². The number of aromatic nitrogens is 1. The average molecular weight is 274 g/mol. The van der Waals surface area contributed by atoms with E-state index in [4.69, 9.17) is 10.7 Å². The molecule has 0 radical (unpaired) electrons. The molecule has 1 heterocycles. The van der Waals surface area contributed by atoms with Crippen molar-refractivity contribution in [3.05, 3.63) is 40.2 Å². The zero-order valence-electron chi connectivity index (χ0n) is 11.9. The molecule has 1 aromatic heterocycles. The molecule has 0 fully saturated rings. The lowest BCUT2D eigenvalue weighted by atomic mass is 9.91. The summed E-state index contributed by atoms with van der Waals surface area (Å²) in [5.41, 5.74) is 9.40. The van der Waals surface area contributed by atoms with Gasteiger partial charge in [-0.3, -0.25) is 0 Å². The van der Waals surface area contributed by atoms with Gasteiger partial charge in [-0.25, -0.2) is 4.98 Å². The molecule has 19 heavy (non-hydrogen) atoms. The van der Waals surface area contributed by atoms with E-state index in [0.717, 1.165) is 17.7 Å². The van der Waals surface area contributed by atoms with Crippen LogP contribution in [0.1, 0.15) is 37.8 Å². The summed E-state index contributed by atoms with van der Waals surface area (Å²) >= 11 is 1.76. The van der Waals surface area contributed by atoms with Gasteiger partial charge in [0.05, 0.1) is 10.7 Å². The van der Waals surface area contributed by atoms with E-state index in [-0.39, 0.29) is 0 Å². The molecule has 1 aromatic carbocycles. The Morgan fingerprint density at radius 2 is 1.84 bits per heavy atom. The summed E-state index contributed by atoms with van der Waals surface area (Å²) in [7, 11) is 0. The van der Waals surface area contributed by atoms with E-state index in [2.05, 4.69) is 50.4 Å². The maximum Gasteiger partial charge on any atom is 0.0932 e. The van der Waals surface area contributed by atoms with Gasteiger partial charge in [0.2, 0.25) is 0 Å². The standard InChI is InChI=1S/C16H22N2S/c1-16(2,3)9-8-15-18-14(11-19-15)13-6-4-12(10-17)5-7-13/h4-7,11H,8-10,17H2,1-3H3. The van der Waals surface area contributed by atoms with Crippen molar-refractivity contribution in [2.75, 3.05) is 0 Å². The van der Waals surface area contributed by atoms with Crippen LogP contribution in [0.4, 0.5) is 0 Å². The van der Waals surface area contributed by atoms with Gasteiger partial charge in [0.25, 0.3) is 0 Å². The lowest BCUT2D eigenvalue weighted by molar-refractivity contribution is 0.378. The normalized spacial score (nSPS) is 11.8. The largest absolute Gasteiger partial charge is 0.326 e. The van der Waals surface area contributed by atoms with Crippen molar-refractivity contribution >= 4 is 11.3 Å². The molecule has 2 rings (SSSR count). The van der Waals surface area contributed by atoms with Crippen LogP contribution in [0.15, 0.2) is 29.6 Å². The van der Waals surface area contributed by atoms with E-state index in [1.165, 1.54) is 17.0 Å². The van der Waals surface area contributed by atoms with Crippen molar-refractivity contribution in [3.63, 3.8) is 0 Å². The number of nitrogens with zero attached hydrogens (tertiary/aromatic N) is 1. The molecule has 0 atom stereocenters. The topological polar surface area (TPSA) is 38.9 Å². The number of thiazole rings is 1. The van der Waals surface area contributed by atoms with E-state index in [9.17, 15) is 0 Å². The van der Waals surface area contributed by atoms with Crippen molar-refractivity contribution in [3.8, 4) is 11.3 Å². The van der Waals surface area contributed by atoms with Crippen LogP contribution in [-0.4, -0.2) is 4.98 Å². The van der Waals surface area contributed by atoms with Gasteiger partial charge in [-0.1, -0.05) is 45.0 Å². The quantitative estimate of drug-likeness (QED) is 0.905. The van der Waals surface area contributed by atoms with Gasteiger partial charge in [0.15, 0.2) is 0 Å². The summed E-state index contributed by atoms with van der Waals surface area (Å²) in [4.78, 5) is 4.73. The van der Waals surface area contributed by atoms with Crippen LogP contribution in [0.2, 0.25) is 0 Å². The maximum absolute atomic E-state index is 5.61. The number of hydrogen-bond donors (Lipinski definition) is 1. The van der Waals surface area contributed by atoms with Crippen LogP contribution in [-0.2, 0) is 13.0 Å². The fourth-order valence-corrected chi connectivity index (χ4v) is 2.66. The second-order valence-electron chi connectivity index (χ2n) is 6.09. The number of benzene rings is 1. The molecule has 3 heteroatoms. The van der Waals surface area contributed by atoms with E-state index in [1.807, 2.05) is 0 Å². The molecular formula is C16H22N2S. The monoisotopic (exact) mass is 274 g/mol. The zero-order chi connectivity index (χ0) is 13.9. The van der Waals surface area contributed by atoms with Gasteiger partial charge in [-0.2, -0.15) is 0 Å². The number of rotatable bonds is 4. The van der Waals surface area contributed by atoms with E-state index in [1.54, 1.807) is 11.3 Å². The lowest BCUT2D eigenvalue weighted by Crippen LogP contribution is -2.06. The average Bonchev–Trinajstić information content (AvgIpc) is 2.84. The Bertz CT molecular complexity index is 520. The van der Waals surface area contributed by atoms with Crippen LogP contribution in [0.25, 0.3) is 11.3 Å². The van der Waals surface area contributed by atoms with E-state index < -0.39 is 0 Å². The van der Waals surface area contributed by atoms with Crippen molar-refractivity contribution in [2.24, 2.45) is 11.1 Å². The SMILES string of the molecule is CC(C)(C)CCc1nc(-c2ccc(CN)cc2)cs1. The second kappa shape index (κ2) is 5.85. The van der Waals surface area contributed by atoms with Gasteiger partial charge in [0, 0.05) is 17.5 Å². The highest BCUT2D eigenvalue weighted by Crippen LogP contribution is 2.26. The summed E-state index contributed by atoms with van der Waals surface area (Å²) in [5, 5.41) is 3.38. The fourth-order valence-electron chi connectivity index (χ4n) is 1.85. The van der Waals surface area contributed by atoms with Crippen LogP contribution in [0.5, 0.6) is 0 Å². The fraction of sp³-hybridized carbons (Fsp3) is 0.438. The summed E-state index contributed by atoms with van der Waals surface area (Å²) in [6.45, 7) is 7.40. The molecule has 102 valence electrons. The van der Waals surface area contributed by atoms with Gasteiger partial charge >= 0.3 is 0 Å². The first kappa shape index (κ1) is 14.2. The van der Waals surface area contributed by atoms with E-state index >= 15 is 0 Å². The van der Waals surface area contributed by atoms with Crippen molar-refractivity contribution in [1.29, 1.82) is 0 Å². The van der Waals surface area contributed by atoms with Gasteiger partial charge in [0.1, 0.15) is 0 Å². The molecule has 0 saturated heterocycles. The van der Waals surface area contributed by atoms with Crippen molar-refractivity contribution in [2.45, 2.75) is 40.2 Å². The summed E-state index contributed by atoms with van der Waals surface area (Å²) in [6, 6.07) is 8.35. The molecule has 0 amide bonds. The highest BCUT2D eigenvalue weighted by atomic mass is 32.1. The van der Waals surface area contributed by atoms with Crippen molar-refractivity contribution in [1.82, 2.24) is 4.98 Å². The molecular weight excluding hydrogens is 252 g/mol. The Balaban J connectivity index is 2.07. The summed E-state index contributed by atoms with van der Waals surface area (Å²) < 4.78 is 0. The minimum Gasteiger partial charge on any atom is -0.326 e. The summed E-state index contributed by atoms with van der Waals surface area (Å²) in [6.07, 6.45) is 2.24. The number of aryl methyl sites for hydroxylation is 1. The predicted molar refractivity (Wildman–Crippen MR) is 83.2 cm³/mol. The minimum atomic E-state index is 0.370. The first-order chi connectivity index (χ1) is 8.98. The Kier molecular flexibility index (Phi) is 4.38. The third kappa shape index (κ3) is 4.15.